The van der Waals surface area contributed by atoms with Gasteiger partial charge in [-0.2, -0.15) is 13.2 Å². The molecule has 0 unspecified atom stereocenters. The maximum absolute atomic E-state index is 13.9. The highest BCUT2D eigenvalue weighted by molar-refractivity contribution is 5.34. The van der Waals surface area contributed by atoms with Crippen molar-refractivity contribution >= 4 is 0 Å². The first-order valence-corrected chi connectivity index (χ1v) is 7.77. The maximum atomic E-state index is 13.9. The fraction of sp³-hybridized carbons (Fsp3) is 0.625. The fourth-order valence-electron chi connectivity index (χ4n) is 3.25. The Morgan fingerprint density at radius 3 is 2.45 bits per heavy atom. The van der Waals surface area contributed by atoms with Crippen LogP contribution in [0.3, 0.4) is 0 Å². The molecule has 0 radical (unpaired) electrons. The Labute approximate surface area is 127 Å². The number of alkyl halides is 3. The molecule has 2 aliphatic rings. The predicted octanol–water partition coefficient (Wildman–Crippen LogP) is 3.59. The minimum Gasteiger partial charge on any atom is -0.314 e. The van der Waals surface area contributed by atoms with Gasteiger partial charge in [0.25, 0.3) is 0 Å². The van der Waals surface area contributed by atoms with Crippen LogP contribution < -0.4 is 5.32 Å². The van der Waals surface area contributed by atoms with Gasteiger partial charge in [-0.1, -0.05) is 25.0 Å². The number of piperazine rings is 1. The van der Waals surface area contributed by atoms with E-state index in [1.807, 2.05) is 0 Å². The Kier molecular flexibility index (Phi) is 4.41. The van der Waals surface area contributed by atoms with Crippen molar-refractivity contribution in [1.82, 2.24) is 10.2 Å². The summed E-state index contributed by atoms with van der Waals surface area (Å²) in [5, 5.41) is 3.21. The molecule has 1 atom stereocenters. The second kappa shape index (κ2) is 6.16. The highest BCUT2D eigenvalue weighted by Gasteiger charge is 2.41. The quantitative estimate of drug-likeness (QED) is 0.854. The number of nitrogens with one attached hydrogen (secondary N) is 1. The van der Waals surface area contributed by atoms with Crippen molar-refractivity contribution < 1.29 is 17.6 Å². The summed E-state index contributed by atoms with van der Waals surface area (Å²) in [6.45, 7) is 2.92. The predicted molar refractivity (Wildman–Crippen MR) is 75.9 cm³/mol. The largest absolute Gasteiger partial charge is 0.419 e. The molecule has 1 N–H and O–H groups in total. The topological polar surface area (TPSA) is 15.3 Å². The molecule has 6 heteroatoms. The van der Waals surface area contributed by atoms with Crippen molar-refractivity contribution in [3.63, 3.8) is 0 Å². The summed E-state index contributed by atoms with van der Waals surface area (Å²) in [7, 11) is 0. The minimum absolute atomic E-state index is 0.0984. The summed E-state index contributed by atoms with van der Waals surface area (Å²) in [6.07, 6.45) is -1.83. The molecule has 0 aromatic heterocycles. The van der Waals surface area contributed by atoms with Gasteiger partial charge in [-0.05, 0) is 24.0 Å². The van der Waals surface area contributed by atoms with E-state index in [2.05, 4.69) is 10.2 Å². The monoisotopic (exact) mass is 316 g/mol. The second-order valence-corrected chi connectivity index (χ2v) is 6.18. The van der Waals surface area contributed by atoms with Crippen molar-refractivity contribution in [3.05, 3.63) is 35.1 Å². The molecular formula is C16H20F4N2. The lowest BCUT2D eigenvalue weighted by Crippen LogP contribution is -2.45. The highest BCUT2D eigenvalue weighted by atomic mass is 19.4. The first kappa shape index (κ1) is 15.7. The summed E-state index contributed by atoms with van der Waals surface area (Å²) < 4.78 is 53.8. The summed E-state index contributed by atoms with van der Waals surface area (Å²) >= 11 is 0. The van der Waals surface area contributed by atoms with Crippen molar-refractivity contribution in [3.8, 4) is 0 Å². The molecule has 1 saturated carbocycles. The van der Waals surface area contributed by atoms with Crippen LogP contribution in [-0.2, 0) is 6.18 Å². The van der Waals surface area contributed by atoms with Crippen molar-refractivity contribution in [1.29, 1.82) is 0 Å². The second-order valence-electron chi connectivity index (χ2n) is 6.18. The van der Waals surface area contributed by atoms with Crippen molar-refractivity contribution in [2.45, 2.75) is 31.5 Å². The van der Waals surface area contributed by atoms with E-state index in [1.54, 1.807) is 0 Å². The van der Waals surface area contributed by atoms with Gasteiger partial charge in [0.15, 0.2) is 0 Å². The van der Waals surface area contributed by atoms with E-state index in [-0.39, 0.29) is 11.6 Å². The summed E-state index contributed by atoms with van der Waals surface area (Å²) in [4.78, 5) is 2.07. The average molecular weight is 316 g/mol. The molecular weight excluding hydrogens is 296 g/mol. The summed E-state index contributed by atoms with van der Waals surface area (Å²) in [6, 6.07) is 3.39. The van der Waals surface area contributed by atoms with E-state index in [0.717, 1.165) is 32.0 Å². The molecule has 1 aliphatic carbocycles. The summed E-state index contributed by atoms with van der Waals surface area (Å²) in [5.41, 5.74) is -0.986. The number of hydrogen-bond acceptors (Lipinski definition) is 2. The Morgan fingerprint density at radius 2 is 1.86 bits per heavy atom. The van der Waals surface area contributed by atoms with Gasteiger partial charge in [-0.25, -0.2) is 4.39 Å². The molecule has 1 saturated heterocycles. The lowest BCUT2D eigenvalue weighted by atomic mass is 9.93. The van der Waals surface area contributed by atoms with Crippen LogP contribution >= 0.6 is 0 Å². The summed E-state index contributed by atoms with van der Waals surface area (Å²) in [5.74, 6) is -0.690. The van der Waals surface area contributed by atoms with Crippen molar-refractivity contribution in [2.75, 3.05) is 26.2 Å². The number of rotatable bonds is 4. The van der Waals surface area contributed by atoms with Gasteiger partial charge < -0.3 is 5.32 Å². The Hall–Kier alpha value is -1.14. The van der Waals surface area contributed by atoms with Crippen LogP contribution in [-0.4, -0.2) is 31.1 Å². The lowest BCUT2D eigenvalue weighted by Gasteiger charge is -2.36. The SMILES string of the molecule is Fc1cccc([C@@H](CC2CC2)N2CCNCC2)c1C(F)(F)F. The van der Waals surface area contributed by atoms with E-state index in [0.29, 0.717) is 25.4 Å². The third kappa shape index (κ3) is 3.43. The fourth-order valence-corrected chi connectivity index (χ4v) is 3.25. The van der Waals surface area contributed by atoms with Gasteiger partial charge in [0.05, 0.1) is 5.56 Å². The number of benzene rings is 1. The van der Waals surface area contributed by atoms with Crippen LogP contribution in [0.4, 0.5) is 17.6 Å². The third-order valence-electron chi connectivity index (χ3n) is 4.53. The van der Waals surface area contributed by atoms with E-state index in [4.69, 9.17) is 0 Å². The Bertz CT molecular complexity index is 519. The molecule has 22 heavy (non-hydrogen) atoms. The van der Waals surface area contributed by atoms with Gasteiger partial charge in [0.1, 0.15) is 5.82 Å². The van der Waals surface area contributed by atoms with Crippen molar-refractivity contribution in [2.24, 2.45) is 5.92 Å². The van der Waals surface area contributed by atoms with E-state index >= 15 is 0 Å². The normalized spacial score (nSPS) is 21.8. The molecule has 0 bridgehead atoms. The molecule has 1 aromatic carbocycles. The van der Waals surface area contributed by atoms with Gasteiger partial charge in [0, 0.05) is 32.2 Å². The van der Waals surface area contributed by atoms with Crippen LogP contribution in [0, 0.1) is 11.7 Å². The number of hydrogen-bond donors (Lipinski definition) is 1. The highest BCUT2D eigenvalue weighted by Crippen LogP contribution is 2.44. The molecule has 1 aromatic rings. The number of halogens is 4. The van der Waals surface area contributed by atoms with Crippen LogP contribution in [0.2, 0.25) is 0 Å². The van der Waals surface area contributed by atoms with E-state index < -0.39 is 17.6 Å². The Morgan fingerprint density at radius 1 is 1.18 bits per heavy atom. The van der Waals surface area contributed by atoms with E-state index in [1.165, 1.54) is 12.1 Å². The van der Waals surface area contributed by atoms with Gasteiger partial charge in [0.2, 0.25) is 0 Å². The third-order valence-corrected chi connectivity index (χ3v) is 4.53. The molecule has 0 amide bonds. The van der Waals surface area contributed by atoms with Gasteiger partial charge in [-0.15, -0.1) is 0 Å². The lowest BCUT2D eigenvalue weighted by molar-refractivity contribution is -0.141. The maximum Gasteiger partial charge on any atom is 0.419 e. The van der Waals surface area contributed by atoms with E-state index in [9.17, 15) is 17.6 Å². The molecule has 3 rings (SSSR count). The average Bonchev–Trinajstić information content (AvgIpc) is 3.28. The standard InChI is InChI=1S/C16H20F4N2/c17-13-3-1-2-12(15(13)16(18,19)20)14(10-11-4-5-11)22-8-6-21-7-9-22/h1-3,11,14,21H,4-10H2/t14-/m1/s1. The number of nitrogens with zero attached hydrogens (tertiary/aromatic N) is 1. The molecule has 1 heterocycles. The minimum atomic E-state index is -4.66. The zero-order valence-electron chi connectivity index (χ0n) is 12.3. The molecule has 2 nitrogen and oxygen atoms in total. The molecule has 2 fully saturated rings. The van der Waals surface area contributed by atoms with Gasteiger partial charge in [-0.3, -0.25) is 4.90 Å². The zero-order chi connectivity index (χ0) is 15.7. The first-order valence-electron chi connectivity index (χ1n) is 7.77. The smallest absolute Gasteiger partial charge is 0.314 e. The molecule has 0 spiro atoms. The van der Waals surface area contributed by atoms with Gasteiger partial charge >= 0.3 is 6.18 Å². The molecule has 122 valence electrons. The first-order chi connectivity index (χ1) is 10.5. The van der Waals surface area contributed by atoms with Crippen LogP contribution in [0.1, 0.15) is 36.4 Å². The zero-order valence-corrected chi connectivity index (χ0v) is 12.3. The Balaban J connectivity index is 1.97. The van der Waals surface area contributed by atoms with Crippen LogP contribution in [0.5, 0.6) is 0 Å². The molecule has 1 aliphatic heterocycles. The van der Waals surface area contributed by atoms with Crippen LogP contribution in [0.25, 0.3) is 0 Å². The van der Waals surface area contributed by atoms with Crippen LogP contribution in [0.15, 0.2) is 18.2 Å².